The van der Waals surface area contributed by atoms with Crippen LogP contribution in [0, 0.1) is 13.8 Å². The highest BCUT2D eigenvalue weighted by atomic mass is 16.5. The lowest BCUT2D eigenvalue weighted by atomic mass is 10.1. The Bertz CT molecular complexity index is 962. The van der Waals surface area contributed by atoms with Gasteiger partial charge < -0.3 is 15.0 Å². The minimum absolute atomic E-state index is 0.125. The smallest absolute Gasteiger partial charge is 0.265 e. The van der Waals surface area contributed by atoms with Crippen molar-refractivity contribution in [2.45, 2.75) is 27.7 Å². The van der Waals surface area contributed by atoms with Crippen molar-refractivity contribution in [3.05, 3.63) is 53.1 Å². The van der Waals surface area contributed by atoms with E-state index in [9.17, 15) is 14.4 Å². The van der Waals surface area contributed by atoms with Crippen molar-refractivity contribution in [1.82, 2.24) is 4.90 Å². The number of ether oxygens (including phenoxy) is 1. The van der Waals surface area contributed by atoms with Gasteiger partial charge in [0.05, 0.1) is 5.69 Å². The number of amides is 3. The zero-order chi connectivity index (χ0) is 21.8. The molecule has 2 aromatic rings. The molecule has 0 aromatic heterocycles. The average Bonchev–Trinajstić information content (AvgIpc) is 2.69. The SMILES string of the molecule is CCN(CC)C(=O)c1ccc2c(c1)N(CC(=O)Nc1cc(C)cc(C)c1)C(=O)CO2. The van der Waals surface area contributed by atoms with Crippen LogP contribution in [0.5, 0.6) is 5.75 Å². The van der Waals surface area contributed by atoms with Gasteiger partial charge in [0, 0.05) is 24.3 Å². The topological polar surface area (TPSA) is 79.0 Å². The first-order valence-electron chi connectivity index (χ1n) is 10.1. The third-order valence-electron chi connectivity index (χ3n) is 5.01. The largest absolute Gasteiger partial charge is 0.482 e. The number of benzene rings is 2. The Balaban J connectivity index is 1.84. The monoisotopic (exact) mass is 409 g/mol. The van der Waals surface area contributed by atoms with Crippen LogP contribution in [0.25, 0.3) is 0 Å². The lowest BCUT2D eigenvalue weighted by Gasteiger charge is -2.29. The van der Waals surface area contributed by atoms with Crippen LogP contribution >= 0.6 is 0 Å². The number of carbonyl (C=O) groups excluding carboxylic acids is 3. The molecule has 0 aliphatic carbocycles. The fourth-order valence-electron chi connectivity index (χ4n) is 3.59. The minimum Gasteiger partial charge on any atom is -0.482 e. The highest BCUT2D eigenvalue weighted by Crippen LogP contribution is 2.33. The van der Waals surface area contributed by atoms with E-state index in [1.165, 1.54) is 4.90 Å². The molecule has 1 N–H and O–H groups in total. The molecule has 0 bridgehead atoms. The fraction of sp³-hybridized carbons (Fsp3) is 0.348. The molecule has 0 saturated heterocycles. The van der Waals surface area contributed by atoms with Gasteiger partial charge in [0.1, 0.15) is 12.3 Å². The summed E-state index contributed by atoms with van der Waals surface area (Å²) in [5.41, 5.74) is 3.65. The number of aryl methyl sites for hydroxylation is 2. The van der Waals surface area contributed by atoms with Gasteiger partial charge in [-0.25, -0.2) is 0 Å². The molecule has 1 aliphatic heterocycles. The predicted octanol–water partition coefficient (Wildman–Crippen LogP) is 3.15. The second kappa shape index (κ2) is 8.98. The molecule has 30 heavy (non-hydrogen) atoms. The zero-order valence-electron chi connectivity index (χ0n) is 17.8. The van der Waals surface area contributed by atoms with Gasteiger partial charge in [0.2, 0.25) is 5.91 Å². The maximum Gasteiger partial charge on any atom is 0.265 e. The molecule has 0 atom stereocenters. The minimum atomic E-state index is -0.328. The first kappa shape index (κ1) is 21.4. The number of hydrogen-bond donors (Lipinski definition) is 1. The van der Waals surface area contributed by atoms with Gasteiger partial charge in [0.15, 0.2) is 6.61 Å². The third-order valence-corrected chi connectivity index (χ3v) is 5.01. The second-order valence-electron chi connectivity index (χ2n) is 7.35. The van der Waals surface area contributed by atoms with E-state index in [0.29, 0.717) is 35.8 Å². The van der Waals surface area contributed by atoms with Crippen molar-refractivity contribution in [3.63, 3.8) is 0 Å². The molecular weight excluding hydrogens is 382 g/mol. The van der Waals surface area contributed by atoms with Gasteiger partial charge in [-0.05, 0) is 69.2 Å². The Hall–Kier alpha value is -3.35. The van der Waals surface area contributed by atoms with E-state index in [0.717, 1.165) is 11.1 Å². The molecule has 158 valence electrons. The average molecular weight is 409 g/mol. The molecule has 7 nitrogen and oxygen atoms in total. The molecule has 2 aromatic carbocycles. The third kappa shape index (κ3) is 4.62. The summed E-state index contributed by atoms with van der Waals surface area (Å²) >= 11 is 0. The molecule has 7 heteroatoms. The van der Waals surface area contributed by atoms with Gasteiger partial charge in [-0.2, -0.15) is 0 Å². The standard InChI is InChI=1S/C23H27N3O4/c1-5-25(6-2)23(29)17-7-8-20-19(12-17)26(22(28)14-30-20)13-21(27)24-18-10-15(3)9-16(4)11-18/h7-12H,5-6,13-14H2,1-4H3,(H,24,27). The molecule has 0 spiro atoms. The molecule has 3 amide bonds. The Morgan fingerprint density at radius 3 is 2.37 bits per heavy atom. The maximum absolute atomic E-state index is 12.7. The lowest BCUT2D eigenvalue weighted by Crippen LogP contribution is -2.43. The fourth-order valence-corrected chi connectivity index (χ4v) is 3.59. The molecule has 1 heterocycles. The molecular formula is C23H27N3O4. The van der Waals surface area contributed by atoms with Crippen molar-refractivity contribution >= 4 is 29.1 Å². The van der Waals surface area contributed by atoms with E-state index in [1.54, 1.807) is 23.1 Å². The van der Waals surface area contributed by atoms with Crippen LogP contribution in [-0.2, 0) is 9.59 Å². The van der Waals surface area contributed by atoms with Crippen LogP contribution < -0.4 is 15.0 Å². The van der Waals surface area contributed by atoms with Crippen LogP contribution in [0.15, 0.2) is 36.4 Å². The molecule has 0 radical (unpaired) electrons. The van der Waals surface area contributed by atoms with Gasteiger partial charge in [-0.1, -0.05) is 6.07 Å². The Kier molecular flexibility index (Phi) is 6.40. The molecule has 0 unspecified atom stereocenters. The van der Waals surface area contributed by atoms with E-state index in [-0.39, 0.29) is 30.9 Å². The quantitative estimate of drug-likeness (QED) is 0.795. The van der Waals surface area contributed by atoms with Crippen LogP contribution in [0.1, 0.15) is 35.3 Å². The number of hydrogen-bond acceptors (Lipinski definition) is 4. The summed E-state index contributed by atoms with van der Waals surface area (Å²) in [5, 5.41) is 2.85. The van der Waals surface area contributed by atoms with Crippen molar-refractivity contribution in [3.8, 4) is 5.75 Å². The molecule has 0 saturated carbocycles. The van der Waals surface area contributed by atoms with E-state index >= 15 is 0 Å². The summed E-state index contributed by atoms with van der Waals surface area (Å²) in [7, 11) is 0. The predicted molar refractivity (Wildman–Crippen MR) is 116 cm³/mol. The number of carbonyl (C=O) groups is 3. The summed E-state index contributed by atoms with van der Waals surface area (Å²) < 4.78 is 5.50. The van der Waals surface area contributed by atoms with Crippen molar-refractivity contribution in [2.24, 2.45) is 0 Å². The highest BCUT2D eigenvalue weighted by molar-refractivity contribution is 6.06. The van der Waals surface area contributed by atoms with Crippen molar-refractivity contribution in [2.75, 3.05) is 36.5 Å². The number of nitrogens with one attached hydrogen (secondary N) is 1. The summed E-state index contributed by atoms with van der Waals surface area (Å²) in [4.78, 5) is 40.9. The van der Waals surface area contributed by atoms with E-state index in [1.807, 2.05) is 45.9 Å². The van der Waals surface area contributed by atoms with E-state index < -0.39 is 0 Å². The van der Waals surface area contributed by atoms with E-state index in [2.05, 4.69) is 5.32 Å². The number of nitrogens with zero attached hydrogens (tertiary/aromatic N) is 2. The van der Waals surface area contributed by atoms with Crippen LogP contribution in [0.3, 0.4) is 0 Å². The summed E-state index contributed by atoms with van der Waals surface area (Å²) in [6.45, 7) is 8.61. The molecule has 1 aliphatic rings. The first-order chi connectivity index (χ1) is 14.3. The summed E-state index contributed by atoms with van der Waals surface area (Å²) in [5.74, 6) is -0.294. The maximum atomic E-state index is 12.7. The van der Waals surface area contributed by atoms with Crippen LogP contribution in [-0.4, -0.2) is 48.9 Å². The zero-order valence-corrected chi connectivity index (χ0v) is 17.8. The molecule has 3 rings (SSSR count). The normalized spacial score (nSPS) is 12.8. The lowest BCUT2D eigenvalue weighted by molar-refractivity contribution is -0.123. The van der Waals surface area contributed by atoms with Crippen molar-refractivity contribution < 1.29 is 19.1 Å². The van der Waals surface area contributed by atoms with Gasteiger partial charge in [-0.3, -0.25) is 19.3 Å². The van der Waals surface area contributed by atoms with Crippen LogP contribution in [0.4, 0.5) is 11.4 Å². The van der Waals surface area contributed by atoms with Gasteiger partial charge in [-0.15, -0.1) is 0 Å². The number of anilines is 2. The Morgan fingerprint density at radius 2 is 1.73 bits per heavy atom. The van der Waals surface area contributed by atoms with Gasteiger partial charge >= 0.3 is 0 Å². The van der Waals surface area contributed by atoms with Gasteiger partial charge in [0.25, 0.3) is 11.8 Å². The number of rotatable bonds is 6. The highest BCUT2D eigenvalue weighted by Gasteiger charge is 2.29. The van der Waals surface area contributed by atoms with E-state index in [4.69, 9.17) is 4.74 Å². The first-order valence-corrected chi connectivity index (χ1v) is 10.1. The van der Waals surface area contributed by atoms with Crippen molar-refractivity contribution in [1.29, 1.82) is 0 Å². The second-order valence-corrected chi connectivity index (χ2v) is 7.35. The van der Waals surface area contributed by atoms with Crippen LogP contribution in [0.2, 0.25) is 0 Å². The molecule has 0 fully saturated rings. The summed E-state index contributed by atoms with van der Waals surface area (Å²) in [6, 6.07) is 10.8. The number of fused-ring (bicyclic) bond motifs is 1. The summed E-state index contributed by atoms with van der Waals surface area (Å²) in [6.07, 6.45) is 0. The Morgan fingerprint density at radius 1 is 1.07 bits per heavy atom. The Labute approximate surface area is 176 Å².